The van der Waals surface area contributed by atoms with Crippen LogP contribution in [0.3, 0.4) is 0 Å². The van der Waals surface area contributed by atoms with Crippen molar-refractivity contribution >= 4 is 11.3 Å². The molecule has 0 aliphatic rings. The minimum atomic E-state index is 0.266. The highest BCUT2D eigenvalue weighted by Crippen LogP contribution is 2.09. The second kappa shape index (κ2) is 6.13. The number of rotatable bonds is 6. The standard InChI is InChI=1S/C10H17NOS/c1-2-11-10(3-5-12)7-9-4-6-13-8-9/h4,6,8,10-12H,2-3,5,7H2,1H3. The fraction of sp³-hybridized carbons (Fsp3) is 0.600. The van der Waals surface area contributed by atoms with Gasteiger partial charge in [0.1, 0.15) is 0 Å². The summed E-state index contributed by atoms with van der Waals surface area (Å²) in [5, 5.41) is 16.5. The Labute approximate surface area is 83.6 Å². The molecule has 0 spiro atoms. The van der Waals surface area contributed by atoms with E-state index in [1.165, 1.54) is 5.56 Å². The minimum absolute atomic E-state index is 0.266. The van der Waals surface area contributed by atoms with Crippen LogP contribution in [0, 0.1) is 0 Å². The number of likely N-dealkylation sites (N-methyl/N-ethyl adjacent to an activating group) is 1. The molecule has 0 fully saturated rings. The molecule has 0 bridgehead atoms. The van der Waals surface area contributed by atoms with Crippen molar-refractivity contribution < 1.29 is 5.11 Å². The Bertz CT molecular complexity index is 205. The van der Waals surface area contributed by atoms with E-state index in [-0.39, 0.29) is 6.61 Å². The van der Waals surface area contributed by atoms with Crippen LogP contribution >= 0.6 is 11.3 Å². The third-order valence-electron chi connectivity index (χ3n) is 2.03. The van der Waals surface area contributed by atoms with Crippen LogP contribution in [-0.2, 0) is 6.42 Å². The molecule has 0 aromatic carbocycles. The molecule has 1 unspecified atom stereocenters. The Morgan fingerprint density at radius 1 is 1.62 bits per heavy atom. The van der Waals surface area contributed by atoms with Crippen LogP contribution in [0.4, 0.5) is 0 Å². The zero-order valence-electron chi connectivity index (χ0n) is 7.99. The number of hydrogen-bond acceptors (Lipinski definition) is 3. The Kier molecular flexibility index (Phi) is 5.05. The third kappa shape index (κ3) is 3.89. The van der Waals surface area contributed by atoms with Crippen LogP contribution in [-0.4, -0.2) is 24.3 Å². The van der Waals surface area contributed by atoms with Crippen molar-refractivity contribution in [3.8, 4) is 0 Å². The van der Waals surface area contributed by atoms with Gasteiger partial charge in [0.2, 0.25) is 0 Å². The number of thiophene rings is 1. The zero-order valence-corrected chi connectivity index (χ0v) is 8.81. The van der Waals surface area contributed by atoms with E-state index in [1.54, 1.807) is 11.3 Å². The molecule has 0 aliphatic heterocycles. The number of aliphatic hydroxyl groups is 1. The first kappa shape index (κ1) is 10.7. The van der Waals surface area contributed by atoms with Gasteiger partial charge in [-0.05, 0) is 41.8 Å². The molecule has 0 saturated carbocycles. The van der Waals surface area contributed by atoms with Gasteiger partial charge in [-0.25, -0.2) is 0 Å². The molecule has 1 heterocycles. The van der Waals surface area contributed by atoms with E-state index >= 15 is 0 Å². The lowest BCUT2D eigenvalue weighted by Crippen LogP contribution is -2.31. The fourth-order valence-electron chi connectivity index (χ4n) is 1.41. The second-order valence-electron chi connectivity index (χ2n) is 3.10. The lowest BCUT2D eigenvalue weighted by Gasteiger charge is -2.15. The molecule has 2 N–H and O–H groups in total. The Balaban J connectivity index is 2.37. The van der Waals surface area contributed by atoms with E-state index in [0.717, 1.165) is 19.4 Å². The van der Waals surface area contributed by atoms with E-state index < -0.39 is 0 Å². The summed E-state index contributed by atoms with van der Waals surface area (Å²) in [7, 11) is 0. The predicted molar refractivity (Wildman–Crippen MR) is 57.2 cm³/mol. The zero-order chi connectivity index (χ0) is 9.52. The smallest absolute Gasteiger partial charge is 0.0445 e. The van der Waals surface area contributed by atoms with Gasteiger partial charge in [0.25, 0.3) is 0 Å². The summed E-state index contributed by atoms with van der Waals surface area (Å²) in [6.07, 6.45) is 1.86. The van der Waals surface area contributed by atoms with Gasteiger partial charge in [0.05, 0.1) is 0 Å². The summed E-state index contributed by atoms with van der Waals surface area (Å²) < 4.78 is 0. The van der Waals surface area contributed by atoms with Crippen LogP contribution in [0.25, 0.3) is 0 Å². The van der Waals surface area contributed by atoms with Gasteiger partial charge in [0, 0.05) is 12.6 Å². The summed E-state index contributed by atoms with van der Waals surface area (Å²) in [4.78, 5) is 0. The molecule has 1 atom stereocenters. The molecular formula is C10H17NOS. The van der Waals surface area contributed by atoms with Gasteiger partial charge in [-0.2, -0.15) is 11.3 Å². The largest absolute Gasteiger partial charge is 0.396 e. The molecule has 2 nitrogen and oxygen atoms in total. The molecule has 1 rings (SSSR count). The van der Waals surface area contributed by atoms with Crippen molar-refractivity contribution in [1.82, 2.24) is 5.32 Å². The topological polar surface area (TPSA) is 32.3 Å². The molecule has 13 heavy (non-hydrogen) atoms. The van der Waals surface area contributed by atoms with Gasteiger partial charge >= 0.3 is 0 Å². The second-order valence-corrected chi connectivity index (χ2v) is 3.88. The summed E-state index contributed by atoms with van der Waals surface area (Å²) in [5.41, 5.74) is 1.37. The molecule has 3 heteroatoms. The van der Waals surface area contributed by atoms with Gasteiger partial charge in [-0.15, -0.1) is 0 Å². The van der Waals surface area contributed by atoms with Crippen LogP contribution in [0.5, 0.6) is 0 Å². The summed E-state index contributed by atoms with van der Waals surface area (Å²) >= 11 is 1.73. The van der Waals surface area contributed by atoms with Gasteiger partial charge in [-0.1, -0.05) is 6.92 Å². The fourth-order valence-corrected chi connectivity index (χ4v) is 2.10. The number of hydrogen-bond donors (Lipinski definition) is 2. The maximum atomic E-state index is 8.85. The molecule has 1 aromatic rings. The Morgan fingerprint density at radius 2 is 2.46 bits per heavy atom. The quantitative estimate of drug-likeness (QED) is 0.730. The van der Waals surface area contributed by atoms with Crippen molar-refractivity contribution in [3.05, 3.63) is 22.4 Å². The summed E-state index contributed by atoms with van der Waals surface area (Å²) in [6, 6.07) is 2.57. The predicted octanol–water partition coefficient (Wildman–Crippen LogP) is 1.65. The molecule has 1 aromatic heterocycles. The van der Waals surface area contributed by atoms with Crippen molar-refractivity contribution in [2.45, 2.75) is 25.8 Å². The molecule has 0 aliphatic carbocycles. The number of nitrogens with one attached hydrogen (secondary N) is 1. The summed E-state index contributed by atoms with van der Waals surface area (Å²) in [5.74, 6) is 0. The van der Waals surface area contributed by atoms with E-state index in [0.29, 0.717) is 6.04 Å². The van der Waals surface area contributed by atoms with Crippen LogP contribution in [0.15, 0.2) is 16.8 Å². The first-order chi connectivity index (χ1) is 6.36. The van der Waals surface area contributed by atoms with E-state index in [1.807, 2.05) is 0 Å². The Hall–Kier alpha value is -0.380. The van der Waals surface area contributed by atoms with Crippen LogP contribution in [0.1, 0.15) is 18.9 Å². The normalized spacial score (nSPS) is 13.1. The summed E-state index contributed by atoms with van der Waals surface area (Å²) in [6.45, 7) is 3.33. The highest BCUT2D eigenvalue weighted by atomic mass is 32.1. The lowest BCUT2D eigenvalue weighted by molar-refractivity contribution is 0.265. The first-order valence-corrected chi connectivity index (χ1v) is 5.66. The van der Waals surface area contributed by atoms with Gasteiger partial charge < -0.3 is 10.4 Å². The minimum Gasteiger partial charge on any atom is -0.396 e. The highest BCUT2D eigenvalue weighted by Gasteiger charge is 2.07. The first-order valence-electron chi connectivity index (χ1n) is 4.72. The average Bonchev–Trinajstić information content (AvgIpc) is 2.58. The molecule has 0 amide bonds. The van der Waals surface area contributed by atoms with E-state index in [4.69, 9.17) is 5.11 Å². The van der Waals surface area contributed by atoms with Crippen molar-refractivity contribution in [3.63, 3.8) is 0 Å². The van der Waals surface area contributed by atoms with Crippen LogP contribution < -0.4 is 5.32 Å². The van der Waals surface area contributed by atoms with Crippen molar-refractivity contribution in [1.29, 1.82) is 0 Å². The highest BCUT2D eigenvalue weighted by molar-refractivity contribution is 7.07. The molecular weight excluding hydrogens is 182 g/mol. The number of aliphatic hydroxyl groups excluding tert-OH is 1. The molecule has 0 radical (unpaired) electrons. The third-order valence-corrected chi connectivity index (χ3v) is 2.76. The van der Waals surface area contributed by atoms with Gasteiger partial charge in [-0.3, -0.25) is 0 Å². The Morgan fingerprint density at radius 3 is 3.00 bits per heavy atom. The van der Waals surface area contributed by atoms with Crippen LogP contribution in [0.2, 0.25) is 0 Å². The van der Waals surface area contributed by atoms with E-state index in [9.17, 15) is 0 Å². The van der Waals surface area contributed by atoms with Crippen molar-refractivity contribution in [2.24, 2.45) is 0 Å². The van der Waals surface area contributed by atoms with Crippen molar-refractivity contribution in [2.75, 3.05) is 13.2 Å². The molecule has 0 saturated heterocycles. The monoisotopic (exact) mass is 199 g/mol. The SMILES string of the molecule is CCNC(CCO)Cc1ccsc1. The van der Waals surface area contributed by atoms with Gasteiger partial charge in [0.15, 0.2) is 0 Å². The maximum absolute atomic E-state index is 8.85. The maximum Gasteiger partial charge on any atom is 0.0445 e. The van der Waals surface area contributed by atoms with E-state index in [2.05, 4.69) is 29.1 Å². The molecule has 74 valence electrons. The average molecular weight is 199 g/mol. The lowest BCUT2D eigenvalue weighted by atomic mass is 10.1.